The normalized spacial score (nSPS) is 16.1. The lowest BCUT2D eigenvalue weighted by atomic mass is 10.0. The smallest absolute Gasteiger partial charge is 0.414 e. The second-order valence-electron chi connectivity index (χ2n) is 6.30. The molecule has 3 rings (SSSR count). The zero-order valence-corrected chi connectivity index (χ0v) is 15.2. The third kappa shape index (κ3) is 4.35. The summed E-state index contributed by atoms with van der Waals surface area (Å²) in [6.45, 7) is 1.83. The molecule has 28 heavy (non-hydrogen) atoms. The molecule has 2 aromatic carbocycles. The van der Waals surface area contributed by atoms with E-state index in [2.05, 4.69) is 5.32 Å². The van der Waals surface area contributed by atoms with E-state index in [0.29, 0.717) is 16.8 Å². The Labute approximate surface area is 161 Å². The van der Waals surface area contributed by atoms with E-state index >= 15 is 0 Å². The fraction of sp³-hybridized carbons (Fsp3) is 0.190. The van der Waals surface area contributed by atoms with Crippen LogP contribution in [0.1, 0.15) is 12.5 Å². The number of hydrogen-bond donors (Lipinski definition) is 1. The molecule has 1 saturated heterocycles. The number of halogens is 1. The highest BCUT2D eigenvalue weighted by atomic mass is 19.1. The molecule has 2 amide bonds. The maximum Gasteiger partial charge on any atom is 0.414 e. The van der Waals surface area contributed by atoms with Crippen LogP contribution in [0.2, 0.25) is 0 Å². The zero-order valence-electron chi connectivity index (χ0n) is 15.2. The Hall–Kier alpha value is -3.66. The molecule has 0 unspecified atom stereocenters. The zero-order chi connectivity index (χ0) is 20.1. The average Bonchev–Trinajstić information content (AvgIpc) is 3.06. The van der Waals surface area contributed by atoms with Crippen molar-refractivity contribution >= 4 is 23.8 Å². The fourth-order valence-electron chi connectivity index (χ4n) is 2.91. The number of nitriles is 1. The maximum atomic E-state index is 14.7. The van der Waals surface area contributed by atoms with Crippen molar-refractivity contribution in [2.75, 3.05) is 18.0 Å². The highest BCUT2D eigenvalue weighted by molar-refractivity contribution is 5.90. The first-order valence-corrected chi connectivity index (χ1v) is 8.66. The quantitative estimate of drug-likeness (QED) is 0.806. The monoisotopic (exact) mass is 379 g/mol. The van der Waals surface area contributed by atoms with Gasteiger partial charge < -0.3 is 10.1 Å². The van der Waals surface area contributed by atoms with Crippen molar-refractivity contribution in [2.24, 2.45) is 0 Å². The topological polar surface area (TPSA) is 82.4 Å². The van der Waals surface area contributed by atoms with Gasteiger partial charge in [-0.05, 0) is 35.4 Å². The SMILES string of the molecule is CC(=O)NC[C@H]1CN(c2ccc(-c3ccc(/C=C/C#N)cc3)c(F)c2)C(=O)O1. The molecule has 0 spiro atoms. The van der Waals surface area contributed by atoms with Gasteiger partial charge in [0, 0.05) is 18.6 Å². The van der Waals surface area contributed by atoms with Crippen molar-refractivity contribution in [1.29, 1.82) is 5.26 Å². The standard InChI is InChI=1S/C21H18FN3O3/c1-14(26)24-12-18-13-25(21(27)28-18)17-8-9-19(20(22)11-17)16-6-4-15(5-7-16)3-2-10-23/h2-9,11,18H,12-13H2,1H3,(H,24,26)/b3-2+/t18-/m0/s1. The number of hydrogen-bond acceptors (Lipinski definition) is 4. The number of cyclic esters (lactones) is 1. The van der Waals surface area contributed by atoms with E-state index in [4.69, 9.17) is 10.00 Å². The Morgan fingerprint density at radius 1 is 1.36 bits per heavy atom. The number of nitrogens with zero attached hydrogens (tertiary/aromatic N) is 2. The van der Waals surface area contributed by atoms with Crippen LogP contribution in [0.4, 0.5) is 14.9 Å². The lowest BCUT2D eigenvalue weighted by Gasteiger charge is -2.14. The van der Waals surface area contributed by atoms with E-state index in [0.717, 1.165) is 5.56 Å². The van der Waals surface area contributed by atoms with Gasteiger partial charge in [0.1, 0.15) is 11.9 Å². The average molecular weight is 379 g/mol. The van der Waals surface area contributed by atoms with Crippen molar-refractivity contribution in [3.8, 4) is 17.2 Å². The van der Waals surface area contributed by atoms with Gasteiger partial charge >= 0.3 is 6.09 Å². The largest absolute Gasteiger partial charge is 0.442 e. The summed E-state index contributed by atoms with van der Waals surface area (Å²) in [6, 6.07) is 13.6. The number of allylic oxidation sites excluding steroid dienone is 1. The highest BCUT2D eigenvalue weighted by Gasteiger charge is 2.32. The molecule has 1 N–H and O–H groups in total. The van der Waals surface area contributed by atoms with Crippen LogP contribution in [0.5, 0.6) is 0 Å². The highest BCUT2D eigenvalue weighted by Crippen LogP contribution is 2.29. The van der Waals surface area contributed by atoms with E-state index in [1.54, 1.807) is 42.5 Å². The molecule has 1 aliphatic heterocycles. The van der Waals surface area contributed by atoms with Gasteiger partial charge in [-0.3, -0.25) is 9.69 Å². The van der Waals surface area contributed by atoms with Crippen LogP contribution in [-0.4, -0.2) is 31.2 Å². The molecule has 1 aliphatic rings. The fourth-order valence-corrected chi connectivity index (χ4v) is 2.91. The second kappa shape index (κ2) is 8.35. The van der Waals surface area contributed by atoms with Gasteiger partial charge in [-0.15, -0.1) is 0 Å². The molecule has 0 bridgehead atoms. The first kappa shape index (κ1) is 19.1. The van der Waals surface area contributed by atoms with Crippen LogP contribution in [0, 0.1) is 17.1 Å². The predicted octanol–water partition coefficient (Wildman–Crippen LogP) is 3.49. The summed E-state index contributed by atoms with van der Waals surface area (Å²) in [5.41, 5.74) is 2.32. The third-order valence-electron chi connectivity index (χ3n) is 4.29. The van der Waals surface area contributed by atoms with Gasteiger partial charge in [0.2, 0.25) is 5.91 Å². The summed E-state index contributed by atoms with van der Waals surface area (Å²) in [6.07, 6.45) is 1.99. The van der Waals surface area contributed by atoms with E-state index in [1.165, 1.54) is 24.0 Å². The van der Waals surface area contributed by atoms with Gasteiger partial charge in [0.25, 0.3) is 0 Å². The number of nitrogens with one attached hydrogen (secondary N) is 1. The number of carbonyl (C=O) groups is 2. The summed E-state index contributed by atoms with van der Waals surface area (Å²) < 4.78 is 19.9. The number of rotatable bonds is 5. The second-order valence-corrected chi connectivity index (χ2v) is 6.30. The Morgan fingerprint density at radius 2 is 2.11 bits per heavy atom. The Balaban J connectivity index is 1.75. The molecule has 0 saturated carbocycles. The van der Waals surface area contributed by atoms with Crippen LogP contribution in [-0.2, 0) is 9.53 Å². The molecule has 1 heterocycles. The summed E-state index contributed by atoms with van der Waals surface area (Å²) in [5.74, 6) is -0.671. The van der Waals surface area contributed by atoms with E-state index in [-0.39, 0.29) is 19.0 Å². The minimum absolute atomic E-state index is 0.209. The summed E-state index contributed by atoms with van der Waals surface area (Å²) in [7, 11) is 0. The molecule has 0 radical (unpaired) electrons. The third-order valence-corrected chi connectivity index (χ3v) is 4.29. The predicted molar refractivity (Wildman–Crippen MR) is 103 cm³/mol. The minimum atomic E-state index is -0.573. The molecule has 1 fully saturated rings. The van der Waals surface area contributed by atoms with Crippen LogP contribution in [0.3, 0.4) is 0 Å². The minimum Gasteiger partial charge on any atom is -0.442 e. The molecule has 6 nitrogen and oxygen atoms in total. The Kier molecular flexibility index (Phi) is 5.70. The Morgan fingerprint density at radius 3 is 2.75 bits per heavy atom. The van der Waals surface area contributed by atoms with Crippen molar-refractivity contribution in [3.63, 3.8) is 0 Å². The summed E-state index contributed by atoms with van der Waals surface area (Å²) in [5, 5.41) is 11.2. The number of ether oxygens (including phenoxy) is 1. The van der Waals surface area contributed by atoms with E-state index < -0.39 is 18.0 Å². The molecular weight excluding hydrogens is 361 g/mol. The molecule has 0 aliphatic carbocycles. The van der Waals surface area contributed by atoms with Crippen LogP contribution in [0.15, 0.2) is 48.5 Å². The van der Waals surface area contributed by atoms with Crippen molar-refractivity contribution in [1.82, 2.24) is 5.32 Å². The first-order chi connectivity index (χ1) is 13.5. The van der Waals surface area contributed by atoms with Gasteiger partial charge in [-0.2, -0.15) is 5.26 Å². The first-order valence-electron chi connectivity index (χ1n) is 8.66. The summed E-state index contributed by atoms with van der Waals surface area (Å²) >= 11 is 0. The van der Waals surface area contributed by atoms with Crippen LogP contribution >= 0.6 is 0 Å². The molecule has 142 valence electrons. The van der Waals surface area contributed by atoms with Gasteiger partial charge in [-0.25, -0.2) is 9.18 Å². The summed E-state index contributed by atoms with van der Waals surface area (Å²) in [4.78, 5) is 24.4. The van der Waals surface area contributed by atoms with E-state index in [1.807, 2.05) is 6.07 Å². The number of carbonyl (C=O) groups excluding carboxylic acids is 2. The van der Waals surface area contributed by atoms with Gasteiger partial charge in [0.05, 0.1) is 24.8 Å². The molecule has 1 atom stereocenters. The molecule has 7 heteroatoms. The van der Waals surface area contributed by atoms with Gasteiger partial charge in [0.15, 0.2) is 0 Å². The number of benzene rings is 2. The lowest BCUT2D eigenvalue weighted by Crippen LogP contribution is -2.33. The van der Waals surface area contributed by atoms with Crippen molar-refractivity contribution in [3.05, 3.63) is 59.9 Å². The molecular formula is C21H18FN3O3. The molecule has 2 aromatic rings. The van der Waals surface area contributed by atoms with Crippen molar-refractivity contribution in [2.45, 2.75) is 13.0 Å². The lowest BCUT2D eigenvalue weighted by molar-refractivity contribution is -0.119. The molecule has 0 aromatic heterocycles. The number of anilines is 1. The Bertz CT molecular complexity index is 964. The van der Waals surface area contributed by atoms with Crippen molar-refractivity contribution < 1.29 is 18.7 Å². The van der Waals surface area contributed by atoms with Gasteiger partial charge in [-0.1, -0.05) is 24.3 Å². The van der Waals surface area contributed by atoms with Crippen LogP contribution < -0.4 is 10.2 Å². The number of amides is 2. The van der Waals surface area contributed by atoms with Crippen LogP contribution in [0.25, 0.3) is 17.2 Å². The van der Waals surface area contributed by atoms with E-state index in [9.17, 15) is 14.0 Å². The maximum absolute atomic E-state index is 14.7.